The Kier molecular flexibility index (Phi) is 3.07. The van der Waals surface area contributed by atoms with Crippen LogP contribution in [0.15, 0.2) is 11.4 Å². The number of hydrogen-bond donors (Lipinski definition) is 0. The summed E-state index contributed by atoms with van der Waals surface area (Å²) in [6.45, 7) is 9.79. The SMILES string of the molecule is CC(C)(C)C1=C2CCCCCN2C2CCCCN12. The lowest BCUT2D eigenvalue weighted by molar-refractivity contribution is 0.0882. The Morgan fingerprint density at radius 3 is 2.39 bits per heavy atom. The minimum atomic E-state index is 0.310. The van der Waals surface area contributed by atoms with Crippen molar-refractivity contribution in [1.29, 1.82) is 0 Å². The molecule has 3 aliphatic heterocycles. The van der Waals surface area contributed by atoms with E-state index in [1.807, 2.05) is 0 Å². The Morgan fingerprint density at radius 2 is 1.61 bits per heavy atom. The predicted octanol–water partition coefficient (Wildman–Crippen LogP) is 3.95. The van der Waals surface area contributed by atoms with Crippen molar-refractivity contribution in [3.8, 4) is 0 Å². The highest BCUT2D eigenvalue weighted by Gasteiger charge is 2.42. The van der Waals surface area contributed by atoms with E-state index in [0.717, 1.165) is 0 Å². The van der Waals surface area contributed by atoms with Gasteiger partial charge in [0.25, 0.3) is 0 Å². The van der Waals surface area contributed by atoms with Crippen molar-refractivity contribution in [2.24, 2.45) is 5.41 Å². The van der Waals surface area contributed by atoms with Crippen LogP contribution < -0.4 is 0 Å². The lowest BCUT2D eigenvalue weighted by Gasteiger charge is -2.40. The van der Waals surface area contributed by atoms with Crippen LogP contribution in [-0.2, 0) is 0 Å². The van der Waals surface area contributed by atoms with E-state index in [-0.39, 0.29) is 0 Å². The molecule has 0 aliphatic carbocycles. The molecule has 2 fully saturated rings. The van der Waals surface area contributed by atoms with Gasteiger partial charge in [0.2, 0.25) is 0 Å². The molecule has 3 heterocycles. The highest BCUT2D eigenvalue weighted by Crippen LogP contribution is 2.45. The average molecular weight is 248 g/mol. The number of rotatable bonds is 0. The van der Waals surface area contributed by atoms with Gasteiger partial charge in [-0.15, -0.1) is 0 Å². The van der Waals surface area contributed by atoms with Crippen molar-refractivity contribution in [2.45, 2.75) is 71.9 Å². The minimum absolute atomic E-state index is 0.310. The van der Waals surface area contributed by atoms with E-state index in [9.17, 15) is 0 Å². The summed E-state index contributed by atoms with van der Waals surface area (Å²) in [5, 5.41) is 0. The van der Waals surface area contributed by atoms with Gasteiger partial charge in [-0.1, -0.05) is 27.2 Å². The predicted molar refractivity (Wildman–Crippen MR) is 76.0 cm³/mol. The van der Waals surface area contributed by atoms with Crippen LogP contribution in [0.5, 0.6) is 0 Å². The van der Waals surface area contributed by atoms with Crippen LogP contribution in [0.4, 0.5) is 0 Å². The largest absolute Gasteiger partial charge is 0.353 e. The fourth-order valence-corrected chi connectivity index (χ4v) is 4.14. The number of nitrogens with zero attached hydrogens (tertiary/aromatic N) is 2. The maximum Gasteiger partial charge on any atom is 0.101 e. The Bertz CT molecular complexity index is 351. The molecule has 2 nitrogen and oxygen atoms in total. The topological polar surface area (TPSA) is 6.48 Å². The maximum absolute atomic E-state index is 2.77. The van der Waals surface area contributed by atoms with Crippen LogP contribution in [0, 0.1) is 5.41 Å². The van der Waals surface area contributed by atoms with Crippen molar-refractivity contribution >= 4 is 0 Å². The van der Waals surface area contributed by atoms with Crippen molar-refractivity contribution < 1.29 is 0 Å². The molecule has 2 saturated heterocycles. The van der Waals surface area contributed by atoms with Crippen LogP contribution in [0.2, 0.25) is 0 Å². The van der Waals surface area contributed by atoms with Gasteiger partial charge in [-0.3, -0.25) is 0 Å². The second-order valence-corrected chi connectivity index (χ2v) is 7.22. The van der Waals surface area contributed by atoms with Crippen LogP contribution in [-0.4, -0.2) is 29.1 Å². The van der Waals surface area contributed by atoms with E-state index in [4.69, 9.17) is 0 Å². The summed E-state index contributed by atoms with van der Waals surface area (Å²) in [6, 6.07) is 0. The first-order valence-corrected chi connectivity index (χ1v) is 7.86. The number of allylic oxidation sites excluding steroid dienone is 2. The Morgan fingerprint density at radius 1 is 0.889 bits per heavy atom. The molecular weight excluding hydrogens is 220 g/mol. The maximum atomic E-state index is 2.77. The number of hydrogen-bond acceptors (Lipinski definition) is 2. The smallest absolute Gasteiger partial charge is 0.101 e. The minimum Gasteiger partial charge on any atom is -0.353 e. The highest BCUT2D eigenvalue weighted by molar-refractivity contribution is 5.26. The summed E-state index contributed by atoms with van der Waals surface area (Å²) >= 11 is 0. The summed E-state index contributed by atoms with van der Waals surface area (Å²) in [6.07, 6.45) is 10.4. The lowest BCUT2D eigenvalue weighted by atomic mass is 9.88. The summed E-state index contributed by atoms with van der Waals surface area (Å²) < 4.78 is 0. The van der Waals surface area contributed by atoms with Gasteiger partial charge in [-0.25, -0.2) is 0 Å². The summed E-state index contributed by atoms with van der Waals surface area (Å²) in [5.41, 5.74) is 3.69. The highest BCUT2D eigenvalue weighted by atomic mass is 15.4. The molecule has 102 valence electrons. The van der Waals surface area contributed by atoms with Gasteiger partial charge >= 0.3 is 0 Å². The van der Waals surface area contributed by atoms with Gasteiger partial charge in [0, 0.05) is 29.9 Å². The first kappa shape index (κ1) is 12.4. The van der Waals surface area contributed by atoms with E-state index in [0.29, 0.717) is 11.6 Å². The van der Waals surface area contributed by atoms with E-state index >= 15 is 0 Å². The molecule has 0 spiro atoms. The third-order valence-corrected chi connectivity index (χ3v) is 4.76. The van der Waals surface area contributed by atoms with Gasteiger partial charge in [0.05, 0.1) is 0 Å². The molecule has 0 radical (unpaired) electrons. The van der Waals surface area contributed by atoms with Gasteiger partial charge in [0.1, 0.15) is 6.17 Å². The molecule has 0 aromatic heterocycles. The third kappa shape index (κ3) is 1.94. The summed E-state index contributed by atoms with van der Waals surface area (Å²) in [4.78, 5) is 5.52. The third-order valence-electron chi connectivity index (χ3n) is 4.76. The van der Waals surface area contributed by atoms with Gasteiger partial charge in [-0.05, 0) is 38.5 Å². The molecule has 0 N–H and O–H groups in total. The van der Waals surface area contributed by atoms with Crippen molar-refractivity contribution in [1.82, 2.24) is 9.80 Å². The second-order valence-electron chi connectivity index (χ2n) is 7.22. The second kappa shape index (κ2) is 4.47. The average Bonchev–Trinajstić information content (AvgIpc) is 2.47. The lowest BCUT2D eigenvalue weighted by Crippen LogP contribution is -2.44. The number of piperidine rings is 1. The molecular formula is C16H28N2. The molecule has 0 amide bonds. The van der Waals surface area contributed by atoms with E-state index in [1.165, 1.54) is 58.0 Å². The molecule has 0 bridgehead atoms. The van der Waals surface area contributed by atoms with E-state index in [1.54, 1.807) is 11.4 Å². The van der Waals surface area contributed by atoms with Crippen LogP contribution >= 0.6 is 0 Å². The van der Waals surface area contributed by atoms with Gasteiger partial charge < -0.3 is 9.80 Å². The first-order valence-electron chi connectivity index (χ1n) is 7.86. The van der Waals surface area contributed by atoms with Crippen molar-refractivity contribution in [3.05, 3.63) is 11.4 Å². The molecule has 0 aromatic carbocycles. The van der Waals surface area contributed by atoms with Crippen LogP contribution in [0.3, 0.4) is 0 Å². The molecule has 3 aliphatic rings. The van der Waals surface area contributed by atoms with E-state index < -0.39 is 0 Å². The molecule has 1 unspecified atom stereocenters. The number of fused-ring (bicyclic) bond motifs is 3. The zero-order valence-electron chi connectivity index (χ0n) is 12.3. The molecule has 18 heavy (non-hydrogen) atoms. The Labute approximate surface area is 112 Å². The summed E-state index contributed by atoms with van der Waals surface area (Å²) in [5.74, 6) is 0. The van der Waals surface area contributed by atoms with Crippen molar-refractivity contribution in [2.75, 3.05) is 13.1 Å². The summed E-state index contributed by atoms with van der Waals surface area (Å²) in [7, 11) is 0. The van der Waals surface area contributed by atoms with Crippen LogP contribution in [0.1, 0.15) is 65.7 Å². The van der Waals surface area contributed by atoms with Gasteiger partial charge in [0.15, 0.2) is 0 Å². The Balaban J connectivity index is 2.00. The normalized spacial score (nSPS) is 29.2. The Hall–Kier alpha value is -0.660. The van der Waals surface area contributed by atoms with Gasteiger partial charge in [-0.2, -0.15) is 0 Å². The zero-order valence-corrected chi connectivity index (χ0v) is 12.3. The zero-order chi connectivity index (χ0) is 12.8. The quantitative estimate of drug-likeness (QED) is 0.640. The monoisotopic (exact) mass is 248 g/mol. The molecule has 3 rings (SSSR count). The fourth-order valence-electron chi connectivity index (χ4n) is 4.14. The first-order chi connectivity index (χ1) is 8.59. The molecule has 0 aromatic rings. The van der Waals surface area contributed by atoms with Crippen LogP contribution in [0.25, 0.3) is 0 Å². The standard InChI is InChI=1S/C16H28N2/c1-16(2,3)15-13-9-5-4-7-11-17(13)14-10-6-8-12-18(14)15/h14H,4-12H2,1-3H3. The molecule has 0 saturated carbocycles. The van der Waals surface area contributed by atoms with Crippen molar-refractivity contribution in [3.63, 3.8) is 0 Å². The molecule has 2 heteroatoms. The molecule has 1 atom stereocenters. The fraction of sp³-hybridized carbons (Fsp3) is 0.875. The van der Waals surface area contributed by atoms with E-state index in [2.05, 4.69) is 30.6 Å².